The highest BCUT2D eigenvalue weighted by atomic mass is 16.5. The highest BCUT2D eigenvalue weighted by Gasteiger charge is 2.48. The predicted molar refractivity (Wildman–Crippen MR) is 96.6 cm³/mol. The lowest BCUT2D eigenvalue weighted by Gasteiger charge is -2.08. The van der Waals surface area contributed by atoms with Gasteiger partial charge in [0.2, 0.25) is 11.7 Å². The molecule has 0 bridgehead atoms. The van der Waals surface area contributed by atoms with Gasteiger partial charge in [-0.15, -0.1) is 0 Å². The van der Waals surface area contributed by atoms with Gasteiger partial charge in [0.15, 0.2) is 0 Å². The Hall–Kier alpha value is -3.00. The summed E-state index contributed by atoms with van der Waals surface area (Å²) in [5.41, 5.74) is 8.60. The summed E-state index contributed by atoms with van der Waals surface area (Å²) in [5, 5.41) is 11.2. The van der Waals surface area contributed by atoms with Crippen LogP contribution in [0.15, 0.2) is 39.6 Å². The minimum atomic E-state index is -0.146. The molecule has 1 amide bonds. The third-order valence-electron chi connectivity index (χ3n) is 5.35. The van der Waals surface area contributed by atoms with Crippen LogP contribution in [0.1, 0.15) is 31.4 Å². The van der Waals surface area contributed by atoms with E-state index in [4.69, 9.17) is 14.8 Å². The van der Waals surface area contributed by atoms with E-state index in [1.807, 2.05) is 24.3 Å². The molecule has 3 N–H and O–H groups in total. The number of nitrogens with one attached hydrogen (secondary N) is 1. The van der Waals surface area contributed by atoms with E-state index in [1.54, 1.807) is 0 Å². The summed E-state index contributed by atoms with van der Waals surface area (Å²) in [6.07, 6.45) is 5.35. The van der Waals surface area contributed by atoms with Gasteiger partial charge in [-0.3, -0.25) is 4.79 Å². The number of aromatic nitrogens is 3. The molecule has 8 heteroatoms. The zero-order valence-corrected chi connectivity index (χ0v) is 14.6. The molecule has 2 heterocycles. The highest BCUT2D eigenvalue weighted by molar-refractivity contribution is 5.97. The van der Waals surface area contributed by atoms with E-state index in [0.29, 0.717) is 35.1 Å². The van der Waals surface area contributed by atoms with Gasteiger partial charge < -0.3 is 20.1 Å². The quantitative estimate of drug-likeness (QED) is 0.689. The number of rotatable bonds is 6. The van der Waals surface area contributed by atoms with Crippen LogP contribution < -0.4 is 11.1 Å². The average molecular weight is 365 g/mol. The van der Waals surface area contributed by atoms with Crippen molar-refractivity contribution in [1.82, 2.24) is 15.3 Å². The van der Waals surface area contributed by atoms with Crippen molar-refractivity contribution in [3.8, 4) is 22.8 Å². The van der Waals surface area contributed by atoms with E-state index >= 15 is 0 Å². The number of amides is 1. The molecule has 0 saturated heterocycles. The lowest BCUT2D eigenvalue weighted by atomic mass is 9.99. The molecule has 138 valence electrons. The molecule has 2 fully saturated rings. The van der Waals surface area contributed by atoms with Crippen LogP contribution in [0.2, 0.25) is 0 Å². The number of benzene rings is 1. The smallest absolute Gasteiger partial charge is 0.263 e. The van der Waals surface area contributed by atoms with Crippen molar-refractivity contribution in [2.75, 3.05) is 11.9 Å². The summed E-state index contributed by atoms with van der Waals surface area (Å²) in [7, 11) is 0. The van der Waals surface area contributed by atoms with Gasteiger partial charge >= 0.3 is 0 Å². The van der Waals surface area contributed by atoms with Crippen LogP contribution in [0.5, 0.6) is 0 Å². The van der Waals surface area contributed by atoms with Gasteiger partial charge in [-0.05, 0) is 37.8 Å². The molecule has 2 aliphatic carbocycles. The summed E-state index contributed by atoms with van der Waals surface area (Å²) in [6, 6.07) is 7.43. The van der Waals surface area contributed by atoms with Gasteiger partial charge in [0.05, 0.1) is 5.69 Å². The van der Waals surface area contributed by atoms with E-state index < -0.39 is 0 Å². The molecular formula is C19H19N5O3. The molecule has 2 aliphatic rings. The van der Waals surface area contributed by atoms with Crippen LogP contribution in [-0.2, 0) is 10.2 Å². The zero-order chi connectivity index (χ0) is 18.4. The molecule has 2 saturated carbocycles. The third-order valence-corrected chi connectivity index (χ3v) is 5.35. The first-order valence-corrected chi connectivity index (χ1v) is 9.09. The first-order valence-electron chi connectivity index (χ1n) is 9.09. The molecule has 2 aromatic heterocycles. The van der Waals surface area contributed by atoms with Crippen LogP contribution in [-0.4, -0.2) is 27.7 Å². The standard InChI is InChI=1S/C19H19N5O3/c20-10-19(7-8-19)15-13(9-26-23-15)18-22-16(24-27-18)12-3-1-2-4-14(12)21-17(25)11-5-6-11/h1-4,9,11H,5-8,10,20H2,(H,21,25). The van der Waals surface area contributed by atoms with Crippen LogP contribution >= 0.6 is 0 Å². The SMILES string of the molecule is NCC1(c2nocc2-c2nc(-c3ccccc3NC(=O)C3CC3)no2)CC1. The fourth-order valence-electron chi connectivity index (χ4n) is 3.27. The van der Waals surface area contributed by atoms with E-state index in [-0.39, 0.29) is 17.2 Å². The normalized spacial score (nSPS) is 17.7. The van der Waals surface area contributed by atoms with Crippen molar-refractivity contribution in [2.24, 2.45) is 11.7 Å². The van der Waals surface area contributed by atoms with Crippen LogP contribution in [0.4, 0.5) is 5.69 Å². The molecule has 5 rings (SSSR count). The fraction of sp³-hybridized carbons (Fsp3) is 0.368. The minimum Gasteiger partial charge on any atom is -0.364 e. The van der Waals surface area contributed by atoms with E-state index in [1.165, 1.54) is 6.26 Å². The van der Waals surface area contributed by atoms with Crippen LogP contribution in [0.3, 0.4) is 0 Å². The van der Waals surface area contributed by atoms with Gasteiger partial charge in [0, 0.05) is 23.4 Å². The van der Waals surface area contributed by atoms with E-state index in [0.717, 1.165) is 31.4 Å². The summed E-state index contributed by atoms with van der Waals surface area (Å²) in [5.74, 6) is 0.890. The summed E-state index contributed by atoms with van der Waals surface area (Å²) in [6.45, 7) is 0.504. The second kappa shape index (κ2) is 6.02. The van der Waals surface area contributed by atoms with Crippen molar-refractivity contribution >= 4 is 11.6 Å². The number of hydrogen-bond acceptors (Lipinski definition) is 7. The molecule has 0 spiro atoms. The first-order chi connectivity index (χ1) is 13.2. The zero-order valence-electron chi connectivity index (χ0n) is 14.6. The Kier molecular flexibility index (Phi) is 3.61. The van der Waals surface area contributed by atoms with E-state index in [9.17, 15) is 4.79 Å². The van der Waals surface area contributed by atoms with Gasteiger partial charge in [-0.2, -0.15) is 4.98 Å². The van der Waals surface area contributed by atoms with Gasteiger partial charge in [0.1, 0.15) is 17.5 Å². The fourth-order valence-corrected chi connectivity index (χ4v) is 3.27. The second-order valence-electron chi connectivity index (χ2n) is 7.29. The Labute approximate surface area is 155 Å². The predicted octanol–water partition coefficient (Wildman–Crippen LogP) is 2.73. The highest BCUT2D eigenvalue weighted by Crippen LogP contribution is 2.49. The van der Waals surface area contributed by atoms with Crippen molar-refractivity contribution in [1.29, 1.82) is 0 Å². The molecule has 3 aromatic rings. The Morgan fingerprint density at radius 2 is 2.04 bits per heavy atom. The first kappa shape index (κ1) is 16.2. The number of anilines is 1. The molecular weight excluding hydrogens is 346 g/mol. The Morgan fingerprint density at radius 3 is 2.78 bits per heavy atom. The molecule has 1 aromatic carbocycles. The number of nitrogens with zero attached hydrogens (tertiary/aromatic N) is 3. The number of nitrogens with two attached hydrogens (primary N) is 1. The van der Waals surface area contributed by atoms with Crippen LogP contribution in [0.25, 0.3) is 22.8 Å². The second-order valence-corrected chi connectivity index (χ2v) is 7.29. The summed E-state index contributed by atoms with van der Waals surface area (Å²) in [4.78, 5) is 16.7. The monoisotopic (exact) mass is 365 g/mol. The van der Waals surface area contributed by atoms with Gasteiger partial charge in [-0.1, -0.05) is 22.4 Å². The van der Waals surface area contributed by atoms with Crippen molar-refractivity contribution in [3.63, 3.8) is 0 Å². The van der Waals surface area contributed by atoms with Crippen molar-refractivity contribution < 1.29 is 13.8 Å². The maximum Gasteiger partial charge on any atom is 0.263 e. The molecule has 0 radical (unpaired) electrons. The van der Waals surface area contributed by atoms with Crippen molar-refractivity contribution in [3.05, 3.63) is 36.2 Å². The van der Waals surface area contributed by atoms with E-state index in [2.05, 4.69) is 20.6 Å². The van der Waals surface area contributed by atoms with Crippen molar-refractivity contribution in [2.45, 2.75) is 31.1 Å². The molecule has 0 atom stereocenters. The number of hydrogen-bond donors (Lipinski definition) is 2. The Morgan fingerprint density at radius 1 is 1.22 bits per heavy atom. The Balaban J connectivity index is 1.47. The Bertz CT molecular complexity index is 1000. The maximum atomic E-state index is 12.1. The third kappa shape index (κ3) is 2.82. The number of para-hydroxylation sites is 1. The number of carbonyl (C=O) groups excluding carboxylic acids is 1. The van der Waals surface area contributed by atoms with Gasteiger partial charge in [-0.25, -0.2) is 0 Å². The molecule has 0 aliphatic heterocycles. The largest absolute Gasteiger partial charge is 0.364 e. The molecule has 27 heavy (non-hydrogen) atoms. The summed E-state index contributed by atoms with van der Waals surface area (Å²) >= 11 is 0. The van der Waals surface area contributed by atoms with Crippen LogP contribution in [0, 0.1) is 5.92 Å². The lowest BCUT2D eigenvalue weighted by molar-refractivity contribution is -0.117. The maximum absolute atomic E-state index is 12.1. The molecule has 8 nitrogen and oxygen atoms in total. The lowest BCUT2D eigenvalue weighted by Crippen LogP contribution is -2.20. The number of carbonyl (C=O) groups is 1. The minimum absolute atomic E-state index is 0.0334. The van der Waals surface area contributed by atoms with Gasteiger partial charge in [0.25, 0.3) is 5.89 Å². The topological polar surface area (TPSA) is 120 Å². The molecule has 0 unspecified atom stereocenters. The average Bonchev–Trinajstić information content (AvgIpc) is 3.60. The summed E-state index contributed by atoms with van der Waals surface area (Å²) < 4.78 is 10.6.